The van der Waals surface area contributed by atoms with E-state index in [1.807, 2.05) is 0 Å². The summed E-state index contributed by atoms with van der Waals surface area (Å²) in [4.78, 5) is 39.0. The van der Waals surface area contributed by atoms with E-state index in [1.54, 1.807) is 29.6 Å². The molecule has 4 heterocycles. The third-order valence-corrected chi connectivity index (χ3v) is 4.45. The van der Waals surface area contributed by atoms with Crippen molar-refractivity contribution in [2.75, 3.05) is 31.1 Å². The maximum Gasteiger partial charge on any atom is 0.254 e. The van der Waals surface area contributed by atoms with Gasteiger partial charge in [0.2, 0.25) is 5.56 Å². The lowest BCUT2D eigenvalue weighted by Gasteiger charge is -2.37. The average molecular weight is 327 g/mol. The molecule has 8 heteroatoms. The maximum atomic E-state index is 12.7. The highest BCUT2D eigenvalue weighted by atomic mass is 16.5. The molecule has 0 spiro atoms. The number of H-pyrrole nitrogens is 1. The summed E-state index contributed by atoms with van der Waals surface area (Å²) in [5.74, 6) is 0.638. The van der Waals surface area contributed by atoms with Crippen LogP contribution in [-0.2, 0) is 4.74 Å². The van der Waals surface area contributed by atoms with Gasteiger partial charge in [-0.2, -0.15) is 0 Å². The first-order valence-corrected chi connectivity index (χ1v) is 7.84. The Hall–Kier alpha value is -2.74. The number of fused-ring (bicyclic) bond motifs is 1. The van der Waals surface area contributed by atoms with Crippen molar-refractivity contribution in [3.8, 4) is 0 Å². The highest BCUT2D eigenvalue weighted by Crippen LogP contribution is 2.27. The summed E-state index contributed by atoms with van der Waals surface area (Å²) in [6.45, 7) is 2.34. The van der Waals surface area contributed by atoms with Gasteiger partial charge in [-0.1, -0.05) is 0 Å². The SMILES string of the molecule is O=C(c1cc[nH]c(=O)c1)N1C[C@@H]2OCCN(c3cnccn3)[C@H]2C1. The fraction of sp³-hybridized carbons (Fsp3) is 0.375. The molecule has 2 aromatic heterocycles. The number of hydrogen-bond donors (Lipinski definition) is 1. The van der Waals surface area contributed by atoms with Gasteiger partial charge in [0.25, 0.3) is 5.91 Å². The molecule has 24 heavy (non-hydrogen) atoms. The molecule has 0 saturated carbocycles. The first-order chi connectivity index (χ1) is 11.7. The largest absolute Gasteiger partial charge is 0.372 e. The summed E-state index contributed by atoms with van der Waals surface area (Å²) in [7, 11) is 0. The van der Waals surface area contributed by atoms with Gasteiger partial charge in [-0.3, -0.25) is 14.6 Å². The Morgan fingerprint density at radius 2 is 2.25 bits per heavy atom. The van der Waals surface area contributed by atoms with E-state index in [9.17, 15) is 9.59 Å². The minimum atomic E-state index is -0.283. The van der Waals surface area contributed by atoms with Gasteiger partial charge < -0.3 is 19.5 Å². The molecule has 2 aliphatic heterocycles. The highest BCUT2D eigenvalue weighted by Gasteiger charge is 2.42. The zero-order chi connectivity index (χ0) is 16.5. The molecule has 2 saturated heterocycles. The molecule has 2 atom stereocenters. The van der Waals surface area contributed by atoms with E-state index in [1.165, 1.54) is 12.3 Å². The summed E-state index contributed by atoms with van der Waals surface area (Å²) in [5, 5.41) is 0. The molecule has 124 valence electrons. The minimum Gasteiger partial charge on any atom is -0.372 e. The first-order valence-electron chi connectivity index (χ1n) is 7.84. The van der Waals surface area contributed by atoms with Gasteiger partial charge in [0, 0.05) is 49.9 Å². The molecule has 0 aromatic carbocycles. The lowest BCUT2D eigenvalue weighted by atomic mass is 10.1. The van der Waals surface area contributed by atoms with Crippen molar-refractivity contribution in [1.82, 2.24) is 19.9 Å². The van der Waals surface area contributed by atoms with Gasteiger partial charge >= 0.3 is 0 Å². The number of morpholine rings is 1. The summed E-state index contributed by atoms with van der Waals surface area (Å²) >= 11 is 0. The van der Waals surface area contributed by atoms with Crippen LogP contribution < -0.4 is 10.5 Å². The zero-order valence-corrected chi connectivity index (χ0v) is 13.0. The predicted molar refractivity (Wildman–Crippen MR) is 85.9 cm³/mol. The Morgan fingerprint density at radius 1 is 1.33 bits per heavy atom. The van der Waals surface area contributed by atoms with E-state index in [4.69, 9.17) is 4.74 Å². The molecule has 0 radical (unpaired) electrons. The number of likely N-dealkylation sites (tertiary alicyclic amines) is 1. The summed E-state index contributed by atoms with van der Waals surface area (Å²) in [6.07, 6.45) is 6.45. The molecule has 2 fully saturated rings. The van der Waals surface area contributed by atoms with Crippen LogP contribution in [0.5, 0.6) is 0 Å². The van der Waals surface area contributed by atoms with Gasteiger partial charge in [0.05, 0.1) is 24.9 Å². The molecule has 0 aliphatic carbocycles. The van der Waals surface area contributed by atoms with Crippen LogP contribution in [0.3, 0.4) is 0 Å². The number of anilines is 1. The highest BCUT2D eigenvalue weighted by molar-refractivity contribution is 5.94. The number of hydrogen-bond acceptors (Lipinski definition) is 6. The van der Waals surface area contributed by atoms with Gasteiger partial charge in [0.15, 0.2) is 0 Å². The van der Waals surface area contributed by atoms with Crippen molar-refractivity contribution in [3.63, 3.8) is 0 Å². The summed E-state index contributed by atoms with van der Waals surface area (Å²) in [6, 6.07) is 2.99. The smallest absolute Gasteiger partial charge is 0.254 e. The average Bonchev–Trinajstić information content (AvgIpc) is 3.06. The maximum absolute atomic E-state index is 12.7. The first kappa shape index (κ1) is 14.8. The van der Waals surface area contributed by atoms with Crippen LogP contribution in [0.2, 0.25) is 0 Å². The number of aromatic amines is 1. The van der Waals surface area contributed by atoms with Crippen LogP contribution in [-0.4, -0.2) is 64.1 Å². The van der Waals surface area contributed by atoms with Crippen molar-refractivity contribution in [2.24, 2.45) is 0 Å². The lowest BCUT2D eigenvalue weighted by Crippen LogP contribution is -2.51. The molecular formula is C16H17N5O3. The van der Waals surface area contributed by atoms with E-state index in [2.05, 4.69) is 19.9 Å². The monoisotopic (exact) mass is 327 g/mol. The van der Waals surface area contributed by atoms with Crippen molar-refractivity contribution in [1.29, 1.82) is 0 Å². The molecule has 8 nitrogen and oxygen atoms in total. The van der Waals surface area contributed by atoms with Crippen LogP contribution in [0.25, 0.3) is 0 Å². The van der Waals surface area contributed by atoms with Gasteiger partial charge in [-0.25, -0.2) is 4.98 Å². The standard InChI is InChI=1S/C16H17N5O3/c22-15-7-11(1-2-19-15)16(23)20-9-12-13(10-20)24-6-5-21(12)14-8-17-3-4-18-14/h1-4,7-8,12-13H,5-6,9-10H2,(H,19,22)/t12-,13-/m0/s1. The van der Waals surface area contributed by atoms with Gasteiger partial charge in [0.1, 0.15) is 5.82 Å². The predicted octanol–water partition coefficient (Wildman–Crippen LogP) is -0.105. The minimum absolute atomic E-state index is 0.0430. The molecule has 0 unspecified atom stereocenters. The topological polar surface area (TPSA) is 91.4 Å². The third kappa shape index (κ3) is 2.65. The Bertz CT molecular complexity index is 794. The molecule has 2 aliphatic rings. The number of aromatic nitrogens is 3. The second kappa shape index (κ2) is 6.04. The number of rotatable bonds is 2. The van der Waals surface area contributed by atoms with Crippen LogP contribution in [0, 0.1) is 0 Å². The second-order valence-corrected chi connectivity index (χ2v) is 5.89. The number of nitrogens with one attached hydrogen (secondary N) is 1. The summed E-state index contributed by atoms with van der Waals surface area (Å²) < 4.78 is 5.84. The molecule has 4 rings (SSSR count). The third-order valence-electron chi connectivity index (χ3n) is 4.45. The Kier molecular flexibility index (Phi) is 3.73. The number of nitrogens with zero attached hydrogens (tertiary/aromatic N) is 4. The Labute approximate surface area is 138 Å². The summed E-state index contributed by atoms with van der Waals surface area (Å²) in [5.41, 5.74) is 0.110. The van der Waals surface area contributed by atoms with Crippen molar-refractivity contribution < 1.29 is 9.53 Å². The van der Waals surface area contributed by atoms with E-state index in [0.717, 1.165) is 5.82 Å². The normalized spacial score (nSPS) is 23.2. The second-order valence-electron chi connectivity index (χ2n) is 5.89. The number of amides is 1. The Morgan fingerprint density at radius 3 is 3.04 bits per heavy atom. The number of pyridine rings is 1. The van der Waals surface area contributed by atoms with Crippen molar-refractivity contribution >= 4 is 11.7 Å². The zero-order valence-electron chi connectivity index (χ0n) is 13.0. The van der Waals surface area contributed by atoms with E-state index in [-0.39, 0.29) is 23.6 Å². The fourth-order valence-electron chi connectivity index (χ4n) is 3.34. The van der Waals surface area contributed by atoms with E-state index in [0.29, 0.717) is 31.8 Å². The van der Waals surface area contributed by atoms with Crippen LogP contribution >= 0.6 is 0 Å². The van der Waals surface area contributed by atoms with E-state index < -0.39 is 0 Å². The van der Waals surface area contributed by atoms with Crippen LogP contribution in [0.15, 0.2) is 41.7 Å². The van der Waals surface area contributed by atoms with Gasteiger partial charge in [-0.05, 0) is 6.07 Å². The fourth-order valence-corrected chi connectivity index (χ4v) is 3.34. The molecule has 2 aromatic rings. The van der Waals surface area contributed by atoms with Gasteiger partial charge in [-0.15, -0.1) is 0 Å². The Balaban J connectivity index is 1.56. The lowest BCUT2D eigenvalue weighted by molar-refractivity contribution is 0.0299. The molecule has 1 N–H and O–H groups in total. The quantitative estimate of drug-likeness (QED) is 0.828. The van der Waals surface area contributed by atoms with Crippen molar-refractivity contribution in [2.45, 2.75) is 12.1 Å². The number of carbonyl (C=O) groups is 1. The molecular weight excluding hydrogens is 310 g/mol. The van der Waals surface area contributed by atoms with Crippen molar-refractivity contribution in [3.05, 3.63) is 52.8 Å². The number of carbonyl (C=O) groups excluding carboxylic acids is 1. The number of ether oxygens (including phenoxy) is 1. The molecule has 1 amide bonds. The van der Waals surface area contributed by atoms with Crippen LogP contribution in [0.4, 0.5) is 5.82 Å². The molecule has 0 bridgehead atoms. The van der Waals surface area contributed by atoms with E-state index >= 15 is 0 Å². The van der Waals surface area contributed by atoms with Crippen LogP contribution in [0.1, 0.15) is 10.4 Å².